The molecule has 1 aromatic rings. The summed E-state index contributed by atoms with van der Waals surface area (Å²) in [6, 6.07) is 3.42. The van der Waals surface area contributed by atoms with Gasteiger partial charge in [0.25, 0.3) is 0 Å². The highest BCUT2D eigenvalue weighted by atomic mass is 32.1. The molecule has 5 nitrogen and oxygen atoms in total. The first-order valence-electron chi connectivity index (χ1n) is 7.22. The molecule has 116 valence electrons. The van der Waals surface area contributed by atoms with Gasteiger partial charge in [0.05, 0.1) is 13.1 Å². The maximum atomic E-state index is 12.3. The van der Waals surface area contributed by atoms with E-state index < -0.39 is 12.0 Å². The first kappa shape index (κ1) is 16.0. The minimum atomic E-state index is -0.823. The van der Waals surface area contributed by atoms with Gasteiger partial charge in [-0.2, -0.15) is 0 Å². The standard InChI is InChI=1S/C15H22N2O3S/c1-11-5-3-7-17(14(11)15(19)20)10-13(18)16(2)9-12-6-4-8-21-12/h4,6,8,11,14H,3,5,7,9-10H2,1-2H3,(H,19,20). The number of nitrogens with zero attached hydrogens (tertiary/aromatic N) is 2. The van der Waals surface area contributed by atoms with Crippen LogP contribution in [-0.4, -0.2) is 53.0 Å². The van der Waals surface area contributed by atoms with Crippen molar-refractivity contribution in [3.8, 4) is 0 Å². The molecule has 2 unspecified atom stereocenters. The summed E-state index contributed by atoms with van der Waals surface area (Å²) in [4.78, 5) is 28.3. The third-order valence-corrected chi connectivity index (χ3v) is 4.89. The van der Waals surface area contributed by atoms with E-state index in [0.717, 1.165) is 17.7 Å². The Morgan fingerprint density at radius 1 is 1.52 bits per heavy atom. The van der Waals surface area contributed by atoms with Crippen LogP contribution in [0.2, 0.25) is 0 Å². The summed E-state index contributed by atoms with van der Waals surface area (Å²) in [6.07, 6.45) is 1.86. The second kappa shape index (κ2) is 7.04. The van der Waals surface area contributed by atoms with Crippen molar-refractivity contribution in [1.29, 1.82) is 0 Å². The molecule has 1 aliphatic rings. The van der Waals surface area contributed by atoms with Gasteiger partial charge in [-0.25, -0.2) is 0 Å². The van der Waals surface area contributed by atoms with Crippen molar-refractivity contribution < 1.29 is 14.7 Å². The Morgan fingerprint density at radius 3 is 2.90 bits per heavy atom. The van der Waals surface area contributed by atoms with Crippen LogP contribution in [0.15, 0.2) is 17.5 Å². The van der Waals surface area contributed by atoms with Crippen LogP contribution in [0.1, 0.15) is 24.6 Å². The van der Waals surface area contributed by atoms with Crippen LogP contribution >= 0.6 is 11.3 Å². The molecule has 0 radical (unpaired) electrons. The van der Waals surface area contributed by atoms with Gasteiger partial charge >= 0.3 is 5.97 Å². The molecule has 1 N–H and O–H groups in total. The van der Waals surface area contributed by atoms with Crippen LogP contribution in [0.25, 0.3) is 0 Å². The van der Waals surface area contributed by atoms with Gasteiger partial charge in [0, 0.05) is 11.9 Å². The summed E-state index contributed by atoms with van der Waals surface area (Å²) in [5.41, 5.74) is 0. The SMILES string of the molecule is CC1CCCN(CC(=O)N(C)Cc2cccs2)C1C(=O)O. The smallest absolute Gasteiger partial charge is 0.321 e. The monoisotopic (exact) mass is 310 g/mol. The summed E-state index contributed by atoms with van der Waals surface area (Å²) in [6.45, 7) is 3.39. The largest absolute Gasteiger partial charge is 0.480 e. The zero-order valence-corrected chi connectivity index (χ0v) is 13.3. The number of amides is 1. The van der Waals surface area contributed by atoms with E-state index >= 15 is 0 Å². The lowest BCUT2D eigenvalue weighted by Gasteiger charge is -2.37. The van der Waals surface area contributed by atoms with Gasteiger partial charge < -0.3 is 10.0 Å². The summed E-state index contributed by atoms with van der Waals surface area (Å²) in [5, 5.41) is 11.4. The van der Waals surface area contributed by atoms with Gasteiger partial charge in [-0.15, -0.1) is 11.3 Å². The fourth-order valence-corrected chi connectivity index (χ4v) is 3.63. The number of carbonyl (C=O) groups excluding carboxylic acids is 1. The zero-order valence-electron chi connectivity index (χ0n) is 12.5. The molecule has 2 heterocycles. The molecule has 2 rings (SSSR count). The van der Waals surface area contributed by atoms with Gasteiger partial charge in [0.15, 0.2) is 0 Å². The highest BCUT2D eigenvalue weighted by Crippen LogP contribution is 2.23. The normalized spacial score (nSPS) is 23.0. The van der Waals surface area contributed by atoms with E-state index in [9.17, 15) is 14.7 Å². The van der Waals surface area contributed by atoms with E-state index in [4.69, 9.17) is 0 Å². The highest BCUT2D eigenvalue weighted by Gasteiger charge is 2.35. The van der Waals surface area contributed by atoms with E-state index in [0.29, 0.717) is 13.1 Å². The number of carboxylic acids is 1. The zero-order chi connectivity index (χ0) is 15.4. The van der Waals surface area contributed by atoms with Crippen LogP contribution in [0.5, 0.6) is 0 Å². The number of aliphatic carboxylic acids is 1. The van der Waals surface area contributed by atoms with Crippen molar-refractivity contribution in [3.63, 3.8) is 0 Å². The number of likely N-dealkylation sites (N-methyl/N-ethyl adjacent to an activating group) is 1. The van der Waals surface area contributed by atoms with Crippen molar-refractivity contribution in [2.24, 2.45) is 5.92 Å². The van der Waals surface area contributed by atoms with E-state index in [-0.39, 0.29) is 18.4 Å². The lowest BCUT2D eigenvalue weighted by atomic mass is 9.91. The van der Waals surface area contributed by atoms with E-state index in [1.165, 1.54) is 0 Å². The predicted molar refractivity (Wildman–Crippen MR) is 82.2 cm³/mol. The Hall–Kier alpha value is -1.40. The number of likely N-dealkylation sites (tertiary alicyclic amines) is 1. The number of piperidine rings is 1. The van der Waals surface area contributed by atoms with E-state index in [2.05, 4.69) is 0 Å². The number of hydrogen-bond acceptors (Lipinski definition) is 4. The minimum Gasteiger partial charge on any atom is -0.480 e. The Morgan fingerprint density at radius 2 is 2.29 bits per heavy atom. The van der Waals surface area contributed by atoms with Gasteiger partial charge in [-0.05, 0) is 36.8 Å². The fraction of sp³-hybridized carbons (Fsp3) is 0.600. The first-order chi connectivity index (χ1) is 9.99. The molecule has 0 aromatic carbocycles. The minimum absolute atomic E-state index is 0.0243. The van der Waals surface area contributed by atoms with Crippen molar-refractivity contribution in [2.45, 2.75) is 32.4 Å². The topological polar surface area (TPSA) is 60.9 Å². The van der Waals surface area contributed by atoms with Gasteiger partial charge in [0.2, 0.25) is 5.91 Å². The van der Waals surface area contributed by atoms with Crippen LogP contribution in [-0.2, 0) is 16.1 Å². The summed E-state index contributed by atoms with van der Waals surface area (Å²) >= 11 is 1.62. The molecule has 21 heavy (non-hydrogen) atoms. The van der Waals surface area contributed by atoms with Crippen LogP contribution in [0, 0.1) is 5.92 Å². The first-order valence-corrected chi connectivity index (χ1v) is 8.10. The molecule has 1 fully saturated rings. The lowest BCUT2D eigenvalue weighted by Crippen LogP contribution is -2.52. The number of hydrogen-bond donors (Lipinski definition) is 1. The Labute approximate surface area is 129 Å². The van der Waals surface area contributed by atoms with E-state index in [1.807, 2.05) is 29.3 Å². The number of carbonyl (C=O) groups is 2. The summed E-state index contributed by atoms with van der Waals surface area (Å²) in [7, 11) is 1.77. The van der Waals surface area contributed by atoms with Crippen molar-refractivity contribution >= 4 is 23.2 Å². The molecule has 6 heteroatoms. The van der Waals surface area contributed by atoms with E-state index in [1.54, 1.807) is 23.3 Å². The second-order valence-corrected chi connectivity index (χ2v) is 6.73. The molecule has 0 bridgehead atoms. The average molecular weight is 310 g/mol. The number of thiophene rings is 1. The molecule has 1 amide bonds. The number of rotatable bonds is 5. The van der Waals surface area contributed by atoms with Crippen molar-refractivity contribution in [1.82, 2.24) is 9.80 Å². The van der Waals surface area contributed by atoms with Crippen LogP contribution in [0.4, 0.5) is 0 Å². The molecule has 0 spiro atoms. The maximum absolute atomic E-state index is 12.3. The predicted octanol–water partition coefficient (Wildman–Crippen LogP) is 1.89. The molecular weight excluding hydrogens is 288 g/mol. The molecule has 1 saturated heterocycles. The van der Waals surface area contributed by atoms with Crippen LogP contribution < -0.4 is 0 Å². The third-order valence-electron chi connectivity index (χ3n) is 4.03. The Kier molecular flexibility index (Phi) is 5.36. The summed E-state index contributed by atoms with van der Waals surface area (Å²) in [5.74, 6) is -0.758. The average Bonchev–Trinajstić information content (AvgIpc) is 2.91. The van der Waals surface area contributed by atoms with Crippen molar-refractivity contribution in [3.05, 3.63) is 22.4 Å². The van der Waals surface area contributed by atoms with Gasteiger partial charge in [-0.3, -0.25) is 14.5 Å². The molecule has 2 atom stereocenters. The third kappa shape index (κ3) is 4.04. The second-order valence-electron chi connectivity index (χ2n) is 5.70. The lowest BCUT2D eigenvalue weighted by molar-refractivity contribution is -0.148. The molecule has 0 aliphatic carbocycles. The van der Waals surface area contributed by atoms with Crippen molar-refractivity contribution in [2.75, 3.05) is 20.1 Å². The Balaban J connectivity index is 1.95. The van der Waals surface area contributed by atoms with Gasteiger partial charge in [0.1, 0.15) is 6.04 Å². The highest BCUT2D eigenvalue weighted by molar-refractivity contribution is 7.09. The molecular formula is C15H22N2O3S. The number of carboxylic acid groups (broad SMARTS) is 1. The fourth-order valence-electron chi connectivity index (χ4n) is 2.87. The maximum Gasteiger partial charge on any atom is 0.321 e. The molecule has 1 aliphatic heterocycles. The molecule has 1 aromatic heterocycles. The Bertz CT molecular complexity index is 489. The molecule has 0 saturated carbocycles. The quantitative estimate of drug-likeness (QED) is 0.902. The van der Waals surface area contributed by atoms with Crippen LogP contribution in [0.3, 0.4) is 0 Å². The summed E-state index contributed by atoms with van der Waals surface area (Å²) < 4.78 is 0. The van der Waals surface area contributed by atoms with Gasteiger partial charge in [-0.1, -0.05) is 13.0 Å².